The molecule has 0 aromatic heterocycles. The lowest BCUT2D eigenvalue weighted by atomic mass is 9.87. The normalized spacial score (nSPS) is 31.9. The van der Waals surface area contributed by atoms with Gasteiger partial charge in [0.2, 0.25) is 0 Å². The number of rotatable bonds is 16. The SMILES string of the molecule is CCCCC(C)[C@H](/C=C/[C@@H]1[C@@H](C(F)/C=C\CCCC(=O)OC)[C@@H](O)C[C@H]1OC1CCCCO1)OC1CCCCO1. The summed E-state index contributed by atoms with van der Waals surface area (Å²) in [4.78, 5) is 11.4. The summed E-state index contributed by atoms with van der Waals surface area (Å²) in [6.45, 7) is 5.77. The second-order valence-corrected chi connectivity index (χ2v) is 11.7. The number of carbonyl (C=O) groups excluding carboxylic acids is 1. The lowest BCUT2D eigenvalue weighted by Crippen LogP contribution is -2.34. The minimum Gasteiger partial charge on any atom is -0.469 e. The highest BCUT2D eigenvalue weighted by atomic mass is 19.1. The molecule has 3 fully saturated rings. The third-order valence-electron chi connectivity index (χ3n) is 8.47. The maximum atomic E-state index is 15.7. The Bertz CT molecular complexity index is 762. The molecule has 1 N–H and O–H groups in total. The number of ether oxygens (including phenoxy) is 5. The van der Waals surface area contributed by atoms with Crippen molar-refractivity contribution in [1.29, 1.82) is 0 Å². The van der Waals surface area contributed by atoms with Crippen LogP contribution in [0.4, 0.5) is 4.39 Å². The van der Waals surface area contributed by atoms with E-state index in [1.165, 1.54) is 13.2 Å². The van der Waals surface area contributed by atoms with Gasteiger partial charge in [-0.1, -0.05) is 51.0 Å². The van der Waals surface area contributed by atoms with Crippen LogP contribution in [0.2, 0.25) is 0 Å². The van der Waals surface area contributed by atoms with Crippen molar-refractivity contribution in [3.8, 4) is 0 Å². The molecule has 0 aromatic carbocycles. The van der Waals surface area contributed by atoms with Crippen LogP contribution in [0.15, 0.2) is 24.3 Å². The average molecular weight is 569 g/mol. The number of alkyl halides is 1. The lowest BCUT2D eigenvalue weighted by molar-refractivity contribution is -0.193. The molecule has 8 heteroatoms. The second-order valence-electron chi connectivity index (χ2n) is 11.7. The monoisotopic (exact) mass is 568 g/mol. The van der Waals surface area contributed by atoms with Gasteiger partial charge in [0, 0.05) is 37.9 Å². The van der Waals surface area contributed by atoms with E-state index in [2.05, 4.69) is 24.7 Å². The highest BCUT2D eigenvalue weighted by Gasteiger charge is 2.46. The van der Waals surface area contributed by atoms with Gasteiger partial charge in [0.1, 0.15) is 6.17 Å². The number of hydrogen-bond donors (Lipinski definition) is 1. The first kappa shape index (κ1) is 33.2. The third-order valence-corrected chi connectivity index (χ3v) is 8.47. The van der Waals surface area contributed by atoms with Gasteiger partial charge in [-0.05, 0) is 63.7 Å². The lowest BCUT2D eigenvalue weighted by Gasteiger charge is -2.31. The second kappa shape index (κ2) is 18.3. The van der Waals surface area contributed by atoms with Gasteiger partial charge >= 0.3 is 5.97 Å². The van der Waals surface area contributed by atoms with Gasteiger partial charge in [-0.2, -0.15) is 0 Å². The summed E-state index contributed by atoms with van der Waals surface area (Å²) in [7, 11) is 1.37. The summed E-state index contributed by atoms with van der Waals surface area (Å²) in [5.41, 5.74) is 0. The first-order valence-electron chi connectivity index (χ1n) is 15.7. The number of aliphatic hydroxyl groups excluding tert-OH is 1. The van der Waals surface area contributed by atoms with Crippen molar-refractivity contribution in [2.45, 2.75) is 134 Å². The van der Waals surface area contributed by atoms with Crippen molar-refractivity contribution in [2.75, 3.05) is 20.3 Å². The number of methoxy groups -OCH3 is 1. The molecule has 4 unspecified atom stereocenters. The van der Waals surface area contributed by atoms with E-state index in [-0.39, 0.29) is 42.6 Å². The van der Waals surface area contributed by atoms with Crippen LogP contribution in [0.1, 0.15) is 97.3 Å². The van der Waals surface area contributed by atoms with Crippen LogP contribution in [0.3, 0.4) is 0 Å². The van der Waals surface area contributed by atoms with E-state index in [0.717, 1.165) is 57.8 Å². The van der Waals surface area contributed by atoms with Crippen LogP contribution in [0, 0.1) is 17.8 Å². The van der Waals surface area contributed by atoms with Crippen LogP contribution >= 0.6 is 0 Å². The van der Waals surface area contributed by atoms with Crippen LogP contribution in [0.5, 0.6) is 0 Å². The zero-order chi connectivity index (χ0) is 28.7. The molecule has 3 rings (SSSR count). The van der Waals surface area contributed by atoms with E-state index < -0.39 is 18.2 Å². The molecular formula is C32H53FO7. The van der Waals surface area contributed by atoms with Crippen molar-refractivity contribution in [1.82, 2.24) is 0 Å². The summed E-state index contributed by atoms with van der Waals surface area (Å²) >= 11 is 0. The van der Waals surface area contributed by atoms with Gasteiger partial charge < -0.3 is 28.8 Å². The number of carbonyl (C=O) groups is 1. The Balaban J connectivity index is 1.75. The van der Waals surface area contributed by atoms with E-state index in [1.54, 1.807) is 6.08 Å². The molecule has 9 atom stereocenters. The van der Waals surface area contributed by atoms with Gasteiger partial charge in [-0.3, -0.25) is 4.79 Å². The highest BCUT2D eigenvalue weighted by Crippen LogP contribution is 2.41. The maximum absolute atomic E-state index is 15.7. The Hall–Kier alpha value is -1.32. The third kappa shape index (κ3) is 10.8. The van der Waals surface area contributed by atoms with Crippen molar-refractivity contribution < 1.29 is 38.0 Å². The van der Waals surface area contributed by atoms with E-state index in [9.17, 15) is 9.90 Å². The fraction of sp³-hybridized carbons (Fsp3) is 0.844. The fourth-order valence-corrected chi connectivity index (χ4v) is 6.01. The zero-order valence-electron chi connectivity index (χ0n) is 24.9. The van der Waals surface area contributed by atoms with Gasteiger partial charge in [-0.25, -0.2) is 4.39 Å². The predicted molar refractivity (Wildman–Crippen MR) is 152 cm³/mol. The van der Waals surface area contributed by atoms with E-state index in [0.29, 0.717) is 38.9 Å². The number of allylic oxidation sites excluding steroid dienone is 2. The van der Waals surface area contributed by atoms with Crippen LogP contribution < -0.4 is 0 Å². The average Bonchev–Trinajstić information content (AvgIpc) is 3.28. The van der Waals surface area contributed by atoms with Gasteiger partial charge in [0.15, 0.2) is 12.6 Å². The van der Waals surface area contributed by atoms with Crippen molar-refractivity contribution in [3.05, 3.63) is 24.3 Å². The standard InChI is InChI=1S/C32H53FO7/c1-4-5-13-23(2)27(39-30-16-9-11-20-37-30)19-18-24-28(40-31-17-10-12-21-38-31)22-26(34)32(24)25(33)14-7-6-8-15-29(35)36-3/h7,14,18-19,23-28,30-32,34H,4-6,8-13,15-17,20-22H2,1-3H3/b14-7-,19-18+/t23?,24-,25?,26-,27-,28+,30?,31?,32-/m0/s1. The molecule has 2 heterocycles. The van der Waals surface area contributed by atoms with Gasteiger partial charge in [0.05, 0.1) is 25.4 Å². The molecule has 0 aromatic rings. The molecule has 0 spiro atoms. The summed E-state index contributed by atoms with van der Waals surface area (Å²) < 4.78 is 44.9. The molecule has 1 aliphatic carbocycles. The zero-order valence-corrected chi connectivity index (χ0v) is 24.9. The number of aliphatic hydroxyl groups is 1. The molecule has 3 aliphatic rings. The Morgan fingerprint density at radius 1 is 1.07 bits per heavy atom. The van der Waals surface area contributed by atoms with Crippen LogP contribution in [0.25, 0.3) is 0 Å². The molecule has 40 heavy (non-hydrogen) atoms. The highest BCUT2D eigenvalue weighted by molar-refractivity contribution is 5.69. The Kier molecular flexibility index (Phi) is 15.2. The Labute approximate surface area is 240 Å². The quantitative estimate of drug-likeness (QED) is 0.131. The summed E-state index contributed by atoms with van der Waals surface area (Å²) in [6, 6.07) is 0. The molecule has 2 aliphatic heterocycles. The van der Waals surface area contributed by atoms with E-state index in [1.807, 2.05) is 6.08 Å². The van der Waals surface area contributed by atoms with Crippen LogP contribution in [-0.2, 0) is 28.5 Å². The summed E-state index contributed by atoms with van der Waals surface area (Å²) in [5, 5.41) is 11.0. The first-order valence-corrected chi connectivity index (χ1v) is 15.7. The Morgan fingerprint density at radius 3 is 2.45 bits per heavy atom. The van der Waals surface area contributed by atoms with Crippen molar-refractivity contribution >= 4 is 5.97 Å². The molecule has 0 amide bonds. The molecule has 7 nitrogen and oxygen atoms in total. The summed E-state index contributed by atoms with van der Waals surface area (Å²) in [6.07, 6.45) is 15.1. The van der Waals surface area contributed by atoms with Crippen LogP contribution in [-0.4, -0.2) is 68.5 Å². The summed E-state index contributed by atoms with van der Waals surface area (Å²) in [5.74, 6) is -0.954. The fourth-order valence-electron chi connectivity index (χ4n) is 6.01. The molecule has 2 saturated heterocycles. The minimum absolute atomic E-state index is 0.161. The van der Waals surface area contributed by atoms with Crippen molar-refractivity contribution in [2.24, 2.45) is 17.8 Å². The minimum atomic E-state index is -1.35. The molecule has 230 valence electrons. The van der Waals surface area contributed by atoms with E-state index in [4.69, 9.17) is 18.9 Å². The number of hydrogen-bond acceptors (Lipinski definition) is 7. The van der Waals surface area contributed by atoms with Gasteiger partial charge in [-0.15, -0.1) is 0 Å². The Morgan fingerprint density at radius 2 is 1.80 bits per heavy atom. The number of halogens is 1. The predicted octanol–water partition coefficient (Wildman–Crippen LogP) is 6.43. The van der Waals surface area contributed by atoms with E-state index >= 15 is 4.39 Å². The smallest absolute Gasteiger partial charge is 0.305 e. The molecule has 0 bridgehead atoms. The first-order chi connectivity index (χ1) is 19.4. The topological polar surface area (TPSA) is 83.5 Å². The van der Waals surface area contributed by atoms with Gasteiger partial charge in [0.25, 0.3) is 0 Å². The number of unbranched alkanes of at least 4 members (excludes halogenated alkanes) is 2. The maximum Gasteiger partial charge on any atom is 0.305 e. The molecule has 1 saturated carbocycles. The van der Waals surface area contributed by atoms with Crippen molar-refractivity contribution in [3.63, 3.8) is 0 Å². The largest absolute Gasteiger partial charge is 0.469 e. The molecular weight excluding hydrogens is 515 g/mol. The number of esters is 1. The molecule has 0 radical (unpaired) electrons.